The molecule has 0 bridgehead atoms. The van der Waals surface area contributed by atoms with E-state index in [-0.39, 0.29) is 5.91 Å². The number of likely N-dealkylation sites (N-methyl/N-ethyl adjacent to an activating group) is 2. The van der Waals surface area contributed by atoms with Crippen LogP contribution in [0.15, 0.2) is 36.4 Å². The third-order valence-corrected chi connectivity index (χ3v) is 4.89. The van der Waals surface area contributed by atoms with Gasteiger partial charge in [0.1, 0.15) is 0 Å². The van der Waals surface area contributed by atoms with Crippen molar-refractivity contribution in [1.29, 1.82) is 0 Å². The van der Waals surface area contributed by atoms with Crippen LogP contribution in [0, 0.1) is 0 Å². The van der Waals surface area contributed by atoms with E-state index in [9.17, 15) is 14.4 Å². The molecular formula is C20H27ClN2O5. The maximum atomic E-state index is 12.6. The first-order valence-electron chi connectivity index (χ1n) is 8.96. The van der Waals surface area contributed by atoms with Gasteiger partial charge in [-0.05, 0) is 51.2 Å². The summed E-state index contributed by atoms with van der Waals surface area (Å²) in [7, 11) is 6.12. The molecule has 1 aliphatic carbocycles. The van der Waals surface area contributed by atoms with Crippen LogP contribution in [0.2, 0.25) is 5.02 Å². The van der Waals surface area contributed by atoms with Gasteiger partial charge in [0.25, 0.3) is 5.91 Å². The van der Waals surface area contributed by atoms with Gasteiger partial charge in [0.15, 0.2) is 0 Å². The highest BCUT2D eigenvalue weighted by Gasteiger charge is 2.32. The fraction of sp³-hybridized carbons (Fsp3) is 0.450. The highest BCUT2D eigenvalue weighted by molar-refractivity contribution is 6.30. The summed E-state index contributed by atoms with van der Waals surface area (Å²) in [5.41, 5.74) is 0.708. The van der Waals surface area contributed by atoms with Gasteiger partial charge in [0.05, 0.1) is 0 Å². The molecule has 1 saturated carbocycles. The summed E-state index contributed by atoms with van der Waals surface area (Å²) >= 11 is 5.88. The van der Waals surface area contributed by atoms with Gasteiger partial charge in [0, 0.05) is 41.9 Å². The van der Waals surface area contributed by atoms with Gasteiger partial charge in [0.2, 0.25) is 0 Å². The molecule has 0 radical (unpaired) electrons. The van der Waals surface area contributed by atoms with Gasteiger partial charge in [-0.3, -0.25) is 4.79 Å². The Kier molecular flexibility index (Phi) is 9.68. The number of carboxylic acid groups (broad SMARTS) is 2. The maximum Gasteiger partial charge on any atom is 0.328 e. The minimum absolute atomic E-state index is 0.0837. The second-order valence-electron chi connectivity index (χ2n) is 6.82. The average molecular weight is 411 g/mol. The largest absolute Gasteiger partial charge is 0.478 e. The number of hydrogen-bond acceptors (Lipinski definition) is 4. The van der Waals surface area contributed by atoms with E-state index in [1.54, 1.807) is 24.3 Å². The molecule has 7 nitrogen and oxygen atoms in total. The molecule has 8 heteroatoms. The van der Waals surface area contributed by atoms with E-state index in [1.165, 1.54) is 12.8 Å². The molecule has 1 amide bonds. The molecule has 0 aliphatic heterocycles. The molecule has 0 aromatic heterocycles. The molecule has 2 N–H and O–H groups in total. The first kappa shape index (κ1) is 23.7. The van der Waals surface area contributed by atoms with Crippen molar-refractivity contribution >= 4 is 29.4 Å². The van der Waals surface area contributed by atoms with Crippen LogP contribution in [0.4, 0.5) is 0 Å². The van der Waals surface area contributed by atoms with Crippen LogP contribution in [0.3, 0.4) is 0 Å². The van der Waals surface area contributed by atoms with Crippen molar-refractivity contribution in [1.82, 2.24) is 9.80 Å². The van der Waals surface area contributed by atoms with E-state index >= 15 is 0 Å². The molecule has 1 aromatic rings. The van der Waals surface area contributed by atoms with Crippen molar-refractivity contribution in [3.63, 3.8) is 0 Å². The third-order valence-electron chi connectivity index (χ3n) is 4.63. The van der Waals surface area contributed by atoms with Gasteiger partial charge in [-0.25, -0.2) is 9.59 Å². The molecule has 2 atom stereocenters. The van der Waals surface area contributed by atoms with Crippen molar-refractivity contribution in [3.05, 3.63) is 47.0 Å². The Bertz CT molecular complexity index is 687. The standard InChI is InChI=1S/C16H23ClN2O.C4H4O4/c1-18(2)14-6-4-5-7-15(14)19(3)16(20)12-8-10-13(17)11-9-12;5-3(6)1-2-4(7)8/h8-11,14-15H,4-7H2,1-3H3;1-2H,(H,5,6)(H,7,8). The summed E-state index contributed by atoms with van der Waals surface area (Å²) in [6, 6.07) is 7.88. The van der Waals surface area contributed by atoms with Crippen molar-refractivity contribution in [2.24, 2.45) is 0 Å². The number of hydrogen-bond donors (Lipinski definition) is 2. The van der Waals surface area contributed by atoms with Crippen molar-refractivity contribution < 1.29 is 24.6 Å². The molecule has 0 heterocycles. The maximum absolute atomic E-state index is 12.6. The zero-order valence-electron chi connectivity index (χ0n) is 16.3. The fourth-order valence-electron chi connectivity index (χ4n) is 3.24. The number of aliphatic carboxylic acids is 2. The van der Waals surface area contributed by atoms with Crippen LogP contribution in [-0.4, -0.2) is 71.1 Å². The lowest BCUT2D eigenvalue weighted by Gasteiger charge is -2.41. The highest BCUT2D eigenvalue weighted by Crippen LogP contribution is 2.26. The zero-order chi connectivity index (χ0) is 21.3. The molecule has 154 valence electrons. The second-order valence-corrected chi connectivity index (χ2v) is 7.25. The fourth-order valence-corrected chi connectivity index (χ4v) is 3.36. The summed E-state index contributed by atoms with van der Waals surface area (Å²) in [4.78, 5) is 35.9. The summed E-state index contributed by atoms with van der Waals surface area (Å²) in [6.45, 7) is 0. The van der Waals surface area contributed by atoms with Crippen LogP contribution in [-0.2, 0) is 9.59 Å². The molecule has 28 heavy (non-hydrogen) atoms. The summed E-state index contributed by atoms with van der Waals surface area (Å²) in [5.74, 6) is -2.43. The minimum Gasteiger partial charge on any atom is -0.478 e. The summed E-state index contributed by atoms with van der Waals surface area (Å²) in [6.07, 6.45) is 5.81. The predicted octanol–water partition coefficient (Wildman–Crippen LogP) is 3.00. The number of carbonyl (C=O) groups excluding carboxylic acids is 1. The normalized spacial score (nSPS) is 19.0. The number of rotatable bonds is 5. The Morgan fingerprint density at radius 3 is 1.82 bits per heavy atom. The molecule has 1 aromatic carbocycles. The SMILES string of the molecule is CN(C)C1CCCCC1N(C)C(=O)c1ccc(Cl)cc1.O=C(O)C=CC(=O)O. The molecule has 0 spiro atoms. The molecule has 0 saturated heterocycles. The minimum atomic E-state index is -1.26. The Balaban J connectivity index is 0.000000416. The third kappa shape index (κ3) is 7.70. The lowest BCUT2D eigenvalue weighted by molar-refractivity contribution is -0.134. The van der Waals surface area contributed by atoms with Crippen LogP contribution in [0.25, 0.3) is 0 Å². The Morgan fingerprint density at radius 2 is 1.39 bits per heavy atom. The average Bonchev–Trinajstić information content (AvgIpc) is 2.66. The van der Waals surface area contributed by atoms with Gasteiger partial charge in [-0.1, -0.05) is 24.4 Å². The summed E-state index contributed by atoms with van der Waals surface area (Å²) in [5, 5.41) is 16.3. The first-order chi connectivity index (χ1) is 13.1. The Morgan fingerprint density at radius 1 is 0.929 bits per heavy atom. The molecule has 1 fully saturated rings. The van der Waals surface area contributed by atoms with Crippen molar-refractivity contribution in [2.45, 2.75) is 37.8 Å². The topological polar surface area (TPSA) is 98.2 Å². The Labute approximate surface area is 170 Å². The van der Waals surface area contributed by atoms with Crippen molar-refractivity contribution in [2.75, 3.05) is 21.1 Å². The number of nitrogens with zero attached hydrogens (tertiary/aromatic N) is 2. The van der Waals surface area contributed by atoms with Gasteiger partial charge < -0.3 is 20.0 Å². The molecular weight excluding hydrogens is 384 g/mol. The van der Waals surface area contributed by atoms with E-state index in [2.05, 4.69) is 19.0 Å². The van der Waals surface area contributed by atoms with E-state index in [4.69, 9.17) is 21.8 Å². The number of carbonyl (C=O) groups is 3. The quantitative estimate of drug-likeness (QED) is 0.724. The smallest absolute Gasteiger partial charge is 0.328 e. The summed E-state index contributed by atoms with van der Waals surface area (Å²) < 4.78 is 0. The lowest BCUT2D eigenvalue weighted by Crippen LogP contribution is -2.51. The predicted molar refractivity (Wildman–Crippen MR) is 108 cm³/mol. The van der Waals surface area contributed by atoms with Crippen LogP contribution in [0.5, 0.6) is 0 Å². The van der Waals surface area contributed by atoms with E-state index in [0.29, 0.717) is 34.8 Å². The molecule has 1 aliphatic rings. The second kappa shape index (κ2) is 11.5. The van der Waals surface area contributed by atoms with Gasteiger partial charge >= 0.3 is 11.9 Å². The number of carboxylic acids is 2. The van der Waals surface area contributed by atoms with E-state index in [0.717, 1.165) is 12.8 Å². The number of amides is 1. The molecule has 2 rings (SSSR count). The molecule has 2 unspecified atom stereocenters. The van der Waals surface area contributed by atoms with Gasteiger partial charge in [-0.2, -0.15) is 0 Å². The number of benzene rings is 1. The van der Waals surface area contributed by atoms with Gasteiger partial charge in [-0.15, -0.1) is 0 Å². The van der Waals surface area contributed by atoms with Crippen LogP contribution >= 0.6 is 11.6 Å². The number of halogens is 1. The highest BCUT2D eigenvalue weighted by atomic mass is 35.5. The first-order valence-corrected chi connectivity index (χ1v) is 9.34. The Hall–Kier alpha value is -2.38. The zero-order valence-corrected chi connectivity index (χ0v) is 17.1. The van der Waals surface area contributed by atoms with E-state index in [1.807, 2.05) is 11.9 Å². The lowest BCUT2D eigenvalue weighted by atomic mass is 9.88. The van der Waals surface area contributed by atoms with Crippen LogP contribution in [0.1, 0.15) is 36.0 Å². The monoisotopic (exact) mass is 410 g/mol. The van der Waals surface area contributed by atoms with Crippen LogP contribution < -0.4 is 0 Å². The van der Waals surface area contributed by atoms with Crippen molar-refractivity contribution in [3.8, 4) is 0 Å². The van der Waals surface area contributed by atoms with E-state index < -0.39 is 11.9 Å².